The normalized spacial score (nSPS) is 16.6. The van der Waals surface area contributed by atoms with Crippen molar-refractivity contribution in [2.45, 2.75) is 244 Å². The first-order chi connectivity index (χ1) is 26.4. The second-order valence-corrected chi connectivity index (χ2v) is 16.2. The van der Waals surface area contributed by atoms with E-state index in [4.69, 9.17) is 9.47 Å². The monoisotopic (exact) mass is 740 g/mol. The van der Waals surface area contributed by atoms with Crippen molar-refractivity contribution in [1.82, 2.24) is 5.32 Å². The molecule has 0 aromatic rings. The fourth-order valence-corrected chi connectivity index (χ4v) is 7.38. The molecule has 3 heteroatoms. The molecular weight excluding hydrogens is 647 g/mol. The minimum Gasteiger partial charge on any atom is -0.374 e. The molecule has 0 aromatic heterocycles. The van der Waals surface area contributed by atoms with Crippen LogP contribution in [0.1, 0.15) is 232 Å². The van der Waals surface area contributed by atoms with Crippen LogP contribution in [0.25, 0.3) is 0 Å². The van der Waals surface area contributed by atoms with Crippen LogP contribution in [0.4, 0.5) is 0 Å². The minimum absolute atomic E-state index is 0.242. The zero-order valence-corrected chi connectivity index (χ0v) is 36.0. The molecule has 0 aliphatic carbocycles. The summed E-state index contributed by atoms with van der Waals surface area (Å²) in [6, 6.07) is 0. The van der Waals surface area contributed by atoms with E-state index in [9.17, 15) is 0 Å². The van der Waals surface area contributed by atoms with E-state index in [-0.39, 0.29) is 12.2 Å². The van der Waals surface area contributed by atoms with Crippen LogP contribution < -0.4 is 5.32 Å². The number of nitrogens with one attached hydrogen (secondary N) is 1. The second-order valence-electron chi connectivity index (χ2n) is 16.2. The highest BCUT2D eigenvalue weighted by Gasteiger charge is 2.28. The predicted molar refractivity (Wildman–Crippen MR) is 237 cm³/mol. The first-order valence-electron chi connectivity index (χ1n) is 23.9. The Hall–Kier alpha value is -1.16. The molecule has 53 heavy (non-hydrogen) atoms. The molecule has 1 rings (SSSR count). The van der Waals surface area contributed by atoms with Crippen LogP contribution in [0.3, 0.4) is 0 Å². The standard InChI is InChI=1S/C50H93NO2/c1-3-5-7-9-11-13-15-17-19-21-23-25-27-29-31-33-35-37-39-41-43-45-52-49-47-51-48-50(49)53-46-44-42-40-38-36-34-32-30-28-26-24-22-20-18-16-14-12-10-8-6-4-2/h17-20,23-26,49-51H,3-16,21-22,27-48H2,1-2H3/b19-17-,20-18-,25-23-,26-24-/t49-,50-/m1/s1. The van der Waals surface area contributed by atoms with Crippen LogP contribution in [0.2, 0.25) is 0 Å². The summed E-state index contributed by atoms with van der Waals surface area (Å²) in [4.78, 5) is 0. The summed E-state index contributed by atoms with van der Waals surface area (Å²) in [5.41, 5.74) is 0. The summed E-state index contributed by atoms with van der Waals surface area (Å²) >= 11 is 0. The Balaban J connectivity index is 1.80. The van der Waals surface area contributed by atoms with E-state index in [1.807, 2.05) is 0 Å². The maximum Gasteiger partial charge on any atom is 0.0973 e. The molecule has 0 aromatic carbocycles. The van der Waals surface area contributed by atoms with Gasteiger partial charge in [-0.15, -0.1) is 0 Å². The fourth-order valence-electron chi connectivity index (χ4n) is 7.38. The summed E-state index contributed by atoms with van der Waals surface area (Å²) < 4.78 is 12.5. The topological polar surface area (TPSA) is 30.5 Å². The number of hydrogen-bond acceptors (Lipinski definition) is 3. The van der Waals surface area contributed by atoms with Crippen LogP contribution in [0.15, 0.2) is 48.6 Å². The van der Waals surface area contributed by atoms with Crippen molar-refractivity contribution in [2.24, 2.45) is 0 Å². The lowest BCUT2D eigenvalue weighted by Gasteiger charge is -2.20. The van der Waals surface area contributed by atoms with Gasteiger partial charge in [0, 0.05) is 26.3 Å². The van der Waals surface area contributed by atoms with Gasteiger partial charge in [0.1, 0.15) is 0 Å². The number of hydrogen-bond donors (Lipinski definition) is 1. The number of unbranched alkanes of at least 4 members (excludes halogenated alkanes) is 28. The molecular formula is C50H93NO2. The zero-order chi connectivity index (χ0) is 37.8. The average molecular weight is 740 g/mol. The Kier molecular flexibility index (Phi) is 41.0. The molecule has 0 unspecified atom stereocenters. The Labute approximate surface area is 333 Å². The van der Waals surface area contributed by atoms with Gasteiger partial charge in [-0.25, -0.2) is 0 Å². The van der Waals surface area contributed by atoms with Crippen molar-refractivity contribution in [3.8, 4) is 0 Å². The van der Waals surface area contributed by atoms with Gasteiger partial charge in [-0.05, 0) is 77.0 Å². The lowest BCUT2D eigenvalue weighted by atomic mass is 10.1. The van der Waals surface area contributed by atoms with E-state index in [2.05, 4.69) is 67.8 Å². The molecule has 1 N–H and O–H groups in total. The largest absolute Gasteiger partial charge is 0.374 e. The van der Waals surface area contributed by atoms with E-state index in [1.54, 1.807) is 0 Å². The van der Waals surface area contributed by atoms with E-state index in [0.29, 0.717) is 0 Å². The average Bonchev–Trinajstić information content (AvgIpc) is 3.62. The summed E-state index contributed by atoms with van der Waals surface area (Å²) in [7, 11) is 0. The maximum atomic E-state index is 6.25. The van der Waals surface area contributed by atoms with E-state index in [1.165, 1.54) is 205 Å². The van der Waals surface area contributed by atoms with Gasteiger partial charge < -0.3 is 14.8 Å². The van der Waals surface area contributed by atoms with E-state index < -0.39 is 0 Å². The first kappa shape index (κ1) is 49.9. The van der Waals surface area contributed by atoms with Crippen molar-refractivity contribution in [3.05, 3.63) is 48.6 Å². The molecule has 0 bridgehead atoms. The quantitative estimate of drug-likeness (QED) is 0.0499. The molecule has 0 amide bonds. The molecule has 2 atom stereocenters. The van der Waals surface area contributed by atoms with Gasteiger partial charge in [0.15, 0.2) is 0 Å². The predicted octanol–water partition coefficient (Wildman–Crippen LogP) is 15.9. The van der Waals surface area contributed by atoms with Crippen LogP contribution >= 0.6 is 0 Å². The Bertz CT molecular complexity index is 750. The maximum absolute atomic E-state index is 6.25. The highest BCUT2D eigenvalue weighted by atomic mass is 16.5. The van der Waals surface area contributed by atoms with Crippen molar-refractivity contribution >= 4 is 0 Å². The number of ether oxygens (including phenoxy) is 2. The Morgan fingerprint density at radius 1 is 0.340 bits per heavy atom. The Morgan fingerprint density at radius 3 is 0.906 bits per heavy atom. The molecule has 0 radical (unpaired) electrons. The van der Waals surface area contributed by atoms with E-state index in [0.717, 1.165) is 39.1 Å². The van der Waals surface area contributed by atoms with Crippen LogP contribution in [-0.4, -0.2) is 38.5 Å². The van der Waals surface area contributed by atoms with Gasteiger partial charge in [0.05, 0.1) is 12.2 Å². The molecule has 1 aliphatic rings. The lowest BCUT2D eigenvalue weighted by Crippen LogP contribution is -2.30. The molecule has 1 heterocycles. The first-order valence-corrected chi connectivity index (χ1v) is 23.9. The highest BCUT2D eigenvalue weighted by Crippen LogP contribution is 2.15. The third-order valence-corrected chi connectivity index (χ3v) is 11.0. The molecule has 1 fully saturated rings. The summed E-state index contributed by atoms with van der Waals surface area (Å²) in [5, 5.41) is 3.49. The van der Waals surface area contributed by atoms with E-state index >= 15 is 0 Å². The highest BCUT2D eigenvalue weighted by molar-refractivity contribution is 4.93. The number of allylic oxidation sites excluding steroid dienone is 8. The molecule has 3 nitrogen and oxygen atoms in total. The van der Waals surface area contributed by atoms with Crippen molar-refractivity contribution < 1.29 is 9.47 Å². The van der Waals surface area contributed by atoms with Gasteiger partial charge in [0.2, 0.25) is 0 Å². The molecule has 0 spiro atoms. The van der Waals surface area contributed by atoms with Crippen molar-refractivity contribution in [2.75, 3.05) is 26.3 Å². The SMILES string of the molecule is CCCCCCCC/C=C\C/C=C\CCCCCCCCCCO[C@@H]1CNC[C@H]1OCCCCCCCCCC/C=C\C/C=C\CCCCCCCC. The summed E-state index contributed by atoms with van der Waals surface area (Å²) in [5.74, 6) is 0. The summed E-state index contributed by atoms with van der Waals surface area (Å²) in [6.07, 6.45) is 64.9. The smallest absolute Gasteiger partial charge is 0.0973 e. The third-order valence-electron chi connectivity index (χ3n) is 11.0. The van der Waals surface area contributed by atoms with Crippen LogP contribution in [0, 0.1) is 0 Å². The summed E-state index contributed by atoms with van der Waals surface area (Å²) in [6.45, 7) is 8.25. The second kappa shape index (κ2) is 43.6. The van der Waals surface area contributed by atoms with Gasteiger partial charge in [0.25, 0.3) is 0 Å². The Morgan fingerprint density at radius 2 is 0.604 bits per heavy atom. The molecule has 1 aliphatic heterocycles. The lowest BCUT2D eigenvalue weighted by molar-refractivity contribution is -0.0481. The molecule has 1 saturated heterocycles. The third kappa shape index (κ3) is 37.5. The van der Waals surface area contributed by atoms with Gasteiger partial charge >= 0.3 is 0 Å². The molecule has 0 saturated carbocycles. The van der Waals surface area contributed by atoms with Gasteiger partial charge in [-0.3, -0.25) is 0 Å². The van der Waals surface area contributed by atoms with Gasteiger partial charge in [-0.1, -0.05) is 204 Å². The van der Waals surface area contributed by atoms with Crippen molar-refractivity contribution in [3.63, 3.8) is 0 Å². The van der Waals surface area contributed by atoms with Crippen LogP contribution in [0.5, 0.6) is 0 Å². The zero-order valence-electron chi connectivity index (χ0n) is 36.0. The van der Waals surface area contributed by atoms with Gasteiger partial charge in [-0.2, -0.15) is 0 Å². The number of rotatable bonds is 42. The fraction of sp³-hybridized carbons (Fsp3) is 0.840. The van der Waals surface area contributed by atoms with Crippen LogP contribution in [-0.2, 0) is 9.47 Å². The molecule has 310 valence electrons. The minimum atomic E-state index is 0.242. The van der Waals surface area contributed by atoms with Crippen molar-refractivity contribution in [1.29, 1.82) is 0 Å².